The third-order valence-electron chi connectivity index (χ3n) is 2.65. The van der Waals surface area contributed by atoms with E-state index in [-0.39, 0.29) is 5.97 Å². The van der Waals surface area contributed by atoms with Crippen molar-refractivity contribution in [1.82, 2.24) is 0 Å². The molecule has 3 nitrogen and oxygen atoms in total. The quantitative estimate of drug-likeness (QED) is 0.752. The Morgan fingerprint density at radius 3 is 2.82 bits per heavy atom. The van der Waals surface area contributed by atoms with Crippen molar-refractivity contribution >= 4 is 11.7 Å². The highest BCUT2D eigenvalue weighted by Crippen LogP contribution is 2.28. The predicted octanol–water partition coefficient (Wildman–Crippen LogP) is 2.77. The monoisotopic (exact) mass is 232 g/mol. The van der Waals surface area contributed by atoms with Gasteiger partial charge in [0, 0.05) is 5.56 Å². The van der Waals surface area contributed by atoms with Crippen LogP contribution >= 0.6 is 0 Å². The van der Waals surface area contributed by atoms with E-state index in [9.17, 15) is 4.79 Å². The molecule has 0 radical (unpaired) electrons. The third kappa shape index (κ3) is 2.67. The molecule has 0 atom stereocenters. The van der Waals surface area contributed by atoms with E-state index in [4.69, 9.17) is 9.47 Å². The van der Waals surface area contributed by atoms with Crippen LogP contribution in [0.1, 0.15) is 25.3 Å². The fourth-order valence-corrected chi connectivity index (χ4v) is 1.88. The molecule has 0 N–H and O–H groups in total. The highest BCUT2D eigenvalue weighted by molar-refractivity contribution is 5.96. The summed E-state index contributed by atoms with van der Waals surface area (Å²) in [4.78, 5) is 11.8. The maximum Gasteiger partial charge on any atom is 0.337 e. The Labute approximate surface area is 101 Å². The summed E-state index contributed by atoms with van der Waals surface area (Å²) in [5.74, 6) is 0.418. The van der Waals surface area contributed by atoms with Gasteiger partial charge in [-0.25, -0.2) is 4.79 Å². The molecule has 0 fully saturated rings. The van der Waals surface area contributed by atoms with Crippen molar-refractivity contribution in [2.45, 2.75) is 19.8 Å². The van der Waals surface area contributed by atoms with E-state index in [1.807, 2.05) is 37.3 Å². The second-order valence-electron chi connectivity index (χ2n) is 3.85. The molecule has 0 bridgehead atoms. The van der Waals surface area contributed by atoms with Gasteiger partial charge in [0.2, 0.25) is 0 Å². The first-order valence-corrected chi connectivity index (χ1v) is 5.91. The number of carbonyl (C=O) groups is 1. The molecule has 0 amide bonds. The van der Waals surface area contributed by atoms with Crippen LogP contribution in [0.15, 0.2) is 35.9 Å². The largest absolute Gasteiger partial charge is 0.492 e. The number of ether oxygens (including phenoxy) is 2. The normalized spacial score (nSPS) is 15.4. The number of rotatable bonds is 3. The summed E-state index contributed by atoms with van der Waals surface area (Å²) in [6.07, 6.45) is 1.59. The Kier molecular flexibility index (Phi) is 3.81. The average Bonchev–Trinajstić information content (AvgIpc) is 2.40. The van der Waals surface area contributed by atoms with Crippen LogP contribution in [0.5, 0.6) is 0 Å². The van der Waals surface area contributed by atoms with Crippen LogP contribution in [0.4, 0.5) is 0 Å². The number of hydrogen-bond donors (Lipinski definition) is 0. The lowest BCUT2D eigenvalue weighted by Crippen LogP contribution is -2.15. The van der Waals surface area contributed by atoms with Crippen LogP contribution in [-0.2, 0) is 14.3 Å². The van der Waals surface area contributed by atoms with E-state index in [1.54, 1.807) is 0 Å². The lowest BCUT2D eigenvalue weighted by Gasteiger charge is -2.20. The van der Waals surface area contributed by atoms with E-state index >= 15 is 0 Å². The summed E-state index contributed by atoms with van der Waals surface area (Å²) in [5, 5.41) is 0. The maximum absolute atomic E-state index is 11.8. The van der Waals surface area contributed by atoms with Gasteiger partial charge in [-0.1, -0.05) is 30.3 Å². The Bertz CT molecular complexity index is 420. The number of hydrogen-bond acceptors (Lipinski definition) is 3. The molecule has 0 aliphatic carbocycles. The topological polar surface area (TPSA) is 35.5 Å². The molecule has 2 rings (SSSR count). The molecule has 1 aromatic rings. The van der Waals surface area contributed by atoms with Crippen LogP contribution < -0.4 is 0 Å². The molecule has 90 valence electrons. The molecule has 1 heterocycles. The van der Waals surface area contributed by atoms with Crippen molar-refractivity contribution in [2.24, 2.45) is 0 Å². The first-order valence-electron chi connectivity index (χ1n) is 5.91. The summed E-state index contributed by atoms with van der Waals surface area (Å²) in [6, 6.07) is 9.70. The Balaban J connectivity index is 2.35. The van der Waals surface area contributed by atoms with Crippen LogP contribution in [0.2, 0.25) is 0 Å². The Morgan fingerprint density at radius 2 is 2.12 bits per heavy atom. The minimum atomic E-state index is -0.258. The summed E-state index contributed by atoms with van der Waals surface area (Å²) < 4.78 is 10.7. The zero-order valence-electron chi connectivity index (χ0n) is 9.94. The van der Waals surface area contributed by atoms with Crippen molar-refractivity contribution in [1.29, 1.82) is 0 Å². The molecular formula is C14H16O3. The molecule has 0 spiro atoms. The molecule has 17 heavy (non-hydrogen) atoms. The van der Waals surface area contributed by atoms with Crippen LogP contribution in [0.3, 0.4) is 0 Å². The van der Waals surface area contributed by atoms with Crippen molar-refractivity contribution in [3.05, 3.63) is 41.5 Å². The molecule has 1 aromatic carbocycles. The van der Waals surface area contributed by atoms with Gasteiger partial charge in [0.05, 0.1) is 18.8 Å². The number of esters is 1. The van der Waals surface area contributed by atoms with Gasteiger partial charge in [-0.05, 0) is 19.8 Å². The van der Waals surface area contributed by atoms with E-state index in [2.05, 4.69) is 0 Å². The van der Waals surface area contributed by atoms with Gasteiger partial charge in [-0.2, -0.15) is 0 Å². The summed E-state index contributed by atoms with van der Waals surface area (Å²) in [5.41, 5.74) is 1.60. The van der Waals surface area contributed by atoms with Gasteiger partial charge in [0.25, 0.3) is 0 Å². The minimum Gasteiger partial charge on any atom is -0.492 e. The molecular weight excluding hydrogens is 216 g/mol. The maximum atomic E-state index is 11.8. The van der Waals surface area contributed by atoms with Gasteiger partial charge in [0.1, 0.15) is 5.76 Å². The number of benzene rings is 1. The number of carbonyl (C=O) groups excluding carboxylic acids is 1. The lowest BCUT2D eigenvalue weighted by atomic mass is 10.0. The molecule has 0 unspecified atom stereocenters. The van der Waals surface area contributed by atoms with Crippen molar-refractivity contribution in [3.8, 4) is 0 Å². The smallest absolute Gasteiger partial charge is 0.337 e. The summed E-state index contributed by atoms with van der Waals surface area (Å²) in [6.45, 7) is 2.86. The van der Waals surface area contributed by atoms with Gasteiger partial charge in [-0.15, -0.1) is 0 Å². The Hall–Kier alpha value is -1.77. The van der Waals surface area contributed by atoms with Crippen LogP contribution in [-0.4, -0.2) is 19.2 Å². The standard InChI is InChI=1S/C14H16O3/c1-2-16-14(15)12-9-6-10-17-13(12)11-7-4-3-5-8-11/h3-5,7-8H,2,6,9-10H2,1H3. The first-order chi connectivity index (χ1) is 8.33. The van der Waals surface area contributed by atoms with Gasteiger partial charge in [0.15, 0.2) is 0 Å². The first kappa shape index (κ1) is 11.7. The van der Waals surface area contributed by atoms with E-state index in [1.165, 1.54) is 0 Å². The molecule has 0 saturated carbocycles. The van der Waals surface area contributed by atoms with Crippen molar-refractivity contribution < 1.29 is 14.3 Å². The van der Waals surface area contributed by atoms with Gasteiger partial charge < -0.3 is 9.47 Å². The van der Waals surface area contributed by atoms with Crippen molar-refractivity contribution in [2.75, 3.05) is 13.2 Å². The summed E-state index contributed by atoms with van der Waals surface area (Å²) >= 11 is 0. The fraction of sp³-hybridized carbons (Fsp3) is 0.357. The van der Waals surface area contributed by atoms with Gasteiger partial charge in [-0.3, -0.25) is 0 Å². The SMILES string of the molecule is CCOC(=O)C1=C(c2ccccc2)OCCC1. The third-order valence-corrected chi connectivity index (χ3v) is 2.65. The molecule has 1 aliphatic rings. The van der Waals surface area contributed by atoms with E-state index < -0.39 is 0 Å². The molecule has 1 aliphatic heterocycles. The molecule has 0 aromatic heterocycles. The minimum absolute atomic E-state index is 0.258. The lowest BCUT2D eigenvalue weighted by molar-refractivity contribution is -0.138. The highest BCUT2D eigenvalue weighted by Gasteiger charge is 2.22. The van der Waals surface area contributed by atoms with Crippen LogP contribution in [0, 0.1) is 0 Å². The Morgan fingerprint density at radius 1 is 1.35 bits per heavy atom. The van der Waals surface area contributed by atoms with Crippen LogP contribution in [0.25, 0.3) is 5.76 Å². The zero-order valence-corrected chi connectivity index (χ0v) is 9.94. The summed E-state index contributed by atoms with van der Waals surface area (Å²) in [7, 11) is 0. The highest BCUT2D eigenvalue weighted by atomic mass is 16.5. The zero-order chi connectivity index (χ0) is 12.1. The predicted molar refractivity (Wildman–Crippen MR) is 65.2 cm³/mol. The van der Waals surface area contributed by atoms with E-state index in [0.29, 0.717) is 24.5 Å². The second kappa shape index (κ2) is 5.53. The van der Waals surface area contributed by atoms with Crippen molar-refractivity contribution in [3.63, 3.8) is 0 Å². The molecule has 0 saturated heterocycles. The molecule has 3 heteroatoms. The average molecular weight is 232 g/mol. The van der Waals surface area contributed by atoms with E-state index in [0.717, 1.165) is 18.4 Å². The second-order valence-corrected chi connectivity index (χ2v) is 3.85. The van der Waals surface area contributed by atoms with Gasteiger partial charge >= 0.3 is 5.97 Å². The fourth-order valence-electron chi connectivity index (χ4n) is 1.88.